The lowest BCUT2D eigenvalue weighted by molar-refractivity contribution is 0.344. The Morgan fingerprint density at radius 2 is 1.70 bits per heavy atom. The van der Waals surface area contributed by atoms with Crippen LogP contribution in [0.25, 0.3) is 21.7 Å². The Kier molecular flexibility index (Phi) is 4.41. The van der Waals surface area contributed by atoms with E-state index in [-0.39, 0.29) is 4.90 Å². The second-order valence-electron chi connectivity index (χ2n) is 6.06. The van der Waals surface area contributed by atoms with Gasteiger partial charge in [-0.15, -0.1) is 0 Å². The lowest BCUT2D eigenvalue weighted by Crippen LogP contribution is -2.13. The predicted molar refractivity (Wildman–Crippen MR) is 108 cm³/mol. The van der Waals surface area contributed by atoms with Crippen molar-refractivity contribution < 1.29 is 13.2 Å². The summed E-state index contributed by atoms with van der Waals surface area (Å²) in [5.41, 5.74) is 1.23. The fourth-order valence-corrected chi connectivity index (χ4v) is 4.34. The Morgan fingerprint density at radius 3 is 2.52 bits per heavy atom. The quantitative estimate of drug-likeness (QED) is 0.552. The Hall–Kier alpha value is -3.12. The van der Waals surface area contributed by atoms with Crippen molar-refractivity contribution in [3.05, 3.63) is 72.9 Å². The first-order chi connectivity index (χ1) is 13.1. The van der Waals surface area contributed by atoms with Crippen LogP contribution in [0.4, 0.5) is 5.69 Å². The fraction of sp³-hybridized carbons (Fsp3) is 0.0952. The van der Waals surface area contributed by atoms with Crippen molar-refractivity contribution in [2.45, 2.75) is 11.8 Å². The topological polar surface area (TPSA) is 68.3 Å². The van der Waals surface area contributed by atoms with Crippen molar-refractivity contribution in [3.63, 3.8) is 0 Å². The second-order valence-corrected chi connectivity index (χ2v) is 7.71. The second kappa shape index (κ2) is 6.89. The van der Waals surface area contributed by atoms with Crippen LogP contribution in [0.3, 0.4) is 0 Å². The maximum atomic E-state index is 13.0. The third-order valence-electron chi connectivity index (χ3n) is 4.28. The highest BCUT2D eigenvalue weighted by Crippen LogP contribution is 2.32. The molecule has 0 bridgehead atoms. The number of hydrogen-bond acceptors (Lipinski definition) is 4. The first-order valence-corrected chi connectivity index (χ1v) is 10.1. The molecule has 27 heavy (non-hydrogen) atoms. The molecule has 3 aromatic carbocycles. The number of rotatable bonds is 5. The zero-order valence-electron chi connectivity index (χ0n) is 14.7. The summed E-state index contributed by atoms with van der Waals surface area (Å²) in [4.78, 5) is 4.52. The molecule has 1 N–H and O–H groups in total. The van der Waals surface area contributed by atoms with E-state index in [1.807, 2.05) is 49.4 Å². The van der Waals surface area contributed by atoms with Crippen LogP contribution in [-0.2, 0) is 10.0 Å². The number of anilines is 1. The van der Waals surface area contributed by atoms with Gasteiger partial charge in [0, 0.05) is 16.2 Å². The van der Waals surface area contributed by atoms with Crippen LogP contribution >= 0.6 is 0 Å². The molecule has 0 saturated heterocycles. The molecule has 1 heterocycles. The van der Waals surface area contributed by atoms with E-state index in [4.69, 9.17) is 4.74 Å². The van der Waals surface area contributed by atoms with Gasteiger partial charge in [0.2, 0.25) is 0 Å². The van der Waals surface area contributed by atoms with Crippen molar-refractivity contribution in [2.24, 2.45) is 0 Å². The zero-order valence-corrected chi connectivity index (χ0v) is 15.5. The molecule has 0 fully saturated rings. The minimum Gasteiger partial charge on any atom is -0.493 e. The number of hydrogen-bond donors (Lipinski definition) is 1. The van der Waals surface area contributed by atoms with Gasteiger partial charge in [-0.25, -0.2) is 8.42 Å². The molecule has 0 atom stereocenters. The van der Waals surface area contributed by atoms with Gasteiger partial charge in [0.15, 0.2) is 0 Å². The largest absolute Gasteiger partial charge is 0.493 e. The normalized spacial score (nSPS) is 11.6. The van der Waals surface area contributed by atoms with Crippen LogP contribution in [0.15, 0.2) is 77.8 Å². The van der Waals surface area contributed by atoms with E-state index in [1.54, 1.807) is 24.3 Å². The summed E-state index contributed by atoms with van der Waals surface area (Å²) < 4.78 is 34.3. The van der Waals surface area contributed by atoms with Crippen LogP contribution in [0.2, 0.25) is 0 Å². The number of benzene rings is 3. The summed E-state index contributed by atoms with van der Waals surface area (Å²) in [6.07, 6.45) is 1.52. The van der Waals surface area contributed by atoms with Crippen molar-refractivity contribution in [2.75, 3.05) is 11.3 Å². The Balaban J connectivity index is 1.78. The van der Waals surface area contributed by atoms with Gasteiger partial charge in [0.05, 0.1) is 28.9 Å². The van der Waals surface area contributed by atoms with Crippen molar-refractivity contribution in [3.8, 4) is 5.75 Å². The maximum absolute atomic E-state index is 13.0. The zero-order chi connectivity index (χ0) is 18.9. The molecular weight excluding hydrogens is 360 g/mol. The summed E-state index contributed by atoms with van der Waals surface area (Å²) in [7, 11) is -3.79. The van der Waals surface area contributed by atoms with E-state index in [1.165, 1.54) is 6.20 Å². The van der Waals surface area contributed by atoms with Gasteiger partial charge in [0.1, 0.15) is 5.75 Å². The molecule has 0 unspecified atom stereocenters. The standard InChI is InChI=1S/C21H18N2O3S/c1-2-26-20-11-12-21(18-9-5-4-8-17(18)20)27(24,25)23-16-13-15-7-3-6-10-19(15)22-14-16/h3-14,23H,2H2,1H3. The fourth-order valence-electron chi connectivity index (χ4n) is 3.10. The summed E-state index contributed by atoms with van der Waals surface area (Å²) >= 11 is 0. The maximum Gasteiger partial charge on any atom is 0.262 e. The summed E-state index contributed by atoms with van der Waals surface area (Å²) in [5, 5.41) is 2.25. The molecule has 0 aliphatic rings. The van der Waals surface area contributed by atoms with Crippen LogP contribution in [0, 0.1) is 0 Å². The Labute approximate surface area is 157 Å². The molecule has 0 aliphatic carbocycles. The number of nitrogens with one attached hydrogen (secondary N) is 1. The lowest BCUT2D eigenvalue weighted by Gasteiger charge is -2.13. The highest BCUT2D eigenvalue weighted by molar-refractivity contribution is 7.93. The number of nitrogens with zero attached hydrogens (tertiary/aromatic N) is 1. The molecule has 0 aliphatic heterocycles. The molecule has 6 heteroatoms. The van der Waals surface area contributed by atoms with Gasteiger partial charge in [-0.2, -0.15) is 0 Å². The highest BCUT2D eigenvalue weighted by Gasteiger charge is 2.19. The van der Waals surface area contributed by atoms with Crippen LogP contribution in [0.1, 0.15) is 6.92 Å². The minimum absolute atomic E-state index is 0.203. The highest BCUT2D eigenvalue weighted by atomic mass is 32.2. The lowest BCUT2D eigenvalue weighted by atomic mass is 10.1. The van der Waals surface area contributed by atoms with E-state index >= 15 is 0 Å². The van der Waals surface area contributed by atoms with Gasteiger partial charge in [0.25, 0.3) is 10.0 Å². The first kappa shape index (κ1) is 17.3. The van der Waals surface area contributed by atoms with Gasteiger partial charge >= 0.3 is 0 Å². The molecule has 1 aromatic heterocycles. The third-order valence-corrected chi connectivity index (χ3v) is 5.72. The van der Waals surface area contributed by atoms with Crippen molar-refractivity contribution in [1.82, 2.24) is 4.98 Å². The SMILES string of the molecule is CCOc1ccc(S(=O)(=O)Nc2cnc3ccccc3c2)c2ccccc12. The van der Waals surface area contributed by atoms with Crippen LogP contribution in [0.5, 0.6) is 5.75 Å². The molecule has 4 aromatic rings. The average molecular weight is 378 g/mol. The predicted octanol–water partition coefficient (Wildman–Crippen LogP) is 4.59. The molecule has 0 radical (unpaired) electrons. The number of para-hydroxylation sites is 1. The monoisotopic (exact) mass is 378 g/mol. The van der Waals surface area contributed by atoms with E-state index in [0.29, 0.717) is 23.4 Å². The van der Waals surface area contributed by atoms with E-state index in [0.717, 1.165) is 16.3 Å². The van der Waals surface area contributed by atoms with E-state index < -0.39 is 10.0 Å². The number of pyridine rings is 1. The van der Waals surface area contributed by atoms with Gasteiger partial charge in [-0.1, -0.05) is 42.5 Å². The molecule has 5 nitrogen and oxygen atoms in total. The molecular formula is C21H18N2O3S. The Morgan fingerprint density at radius 1 is 0.963 bits per heavy atom. The molecule has 0 spiro atoms. The first-order valence-electron chi connectivity index (χ1n) is 8.60. The number of sulfonamides is 1. The average Bonchev–Trinajstić information content (AvgIpc) is 2.68. The van der Waals surface area contributed by atoms with Crippen LogP contribution in [-0.4, -0.2) is 20.0 Å². The third kappa shape index (κ3) is 3.31. The Bertz CT molecular complexity index is 1240. The summed E-state index contributed by atoms with van der Waals surface area (Å²) in [6, 6.07) is 19.9. The van der Waals surface area contributed by atoms with E-state index in [9.17, 15) is 8.42 Å². The van der Waals surface area contributed by atoms with Gasteiger partial charge < -0.3 is 4.74 Å². The smallest absolute Gasteiger partial charge is 0.262 e. The number of aromatic nitrogens is 1. The summed E-state index contributed by atoms with van der Waals surface area (Å²) in [5.74, 6) is 0.666. The molecule has 4 rings (SSSR count). The van der Waals surface area contributed by atoms with Gasteiger partial charge in [-0.05, 0) is 31.2 Å². The number of ether oxygens (including phenoxy) is 1. The molecule has 0 amide bonds. The van der Waals surface area contributed by atoms with E-state index in [2.05, 4.69) is 9.71 Å². The summed E-state index contributed by atoms with van der Waals surface area (Å²) in [6.45, 7) is 2.41. The van der Waals surface area contributed by atoms with Gasteiger partial charge in [-0.3, -0.25) is 9.71 Å². The van der Waals surface area contributed by atoms with Crippen molar-refractivity contribution in [1.29, 1.82) is 0 Å². The molecule has 136 valence electrons. The van der Waals surface area contributed by atoms with Crippen LogP contribution < -0.4 is 9.46 Å². The number of fused-ring (bicyclic) bond motifs is 2. The van der Waals surface area contributed by atoms with Crippen molar-refractivity contribution >= 4 is 37.4 Å². The molecule has 0 saturated carbocycles. The minimum atomic E-state index is -3.79.